The van der Waals surface area contributed by atoms with Gasteiger partial charge in [0.05, 0.1) is 41.8 Å². The Kier molecular flexibility index (Phi) is 7.27. The summed E-state index contributed by atoms with van der Waals surface area (Å²) in [5.74, 6) is -0.0650. The van der Waals surface area contributed by atoms with Crippen LogP contribution in [0.2, 0.25) is 0 Å². The van der Waals surface area contributed by atoms with Gasteiger partial charge in [-0.2, -0.15) is 0 Å². The van der Waals surface area contributed by atoms with Gasteiger partial charge in [0.25, 0.3) is 11.5 Å². The highest BCUT2D eigenvalue weighted by Crippen LogP contribution is 2.36. The molecule has 39 heavy (non-hydrogen) atoms. The molecule has 2 aliphatic heterocycles. The van der Waals surface area contributed by atoms with Crippen molar-refractivity contribution in [3.63, 3.8) is 0 Å². The predicted molar refractivity (Wildman–Crippen MR) is 151 cm³/mol. The van der Waals surface area contributed by atoms with E-state index in [4.69, 9.17) is 9.47 Å². The Bertz CT molecular complexity index is 1660. The number of esters is 1. The third-order valence-electron chi connectivity index (χ3n) is 6.88. The molecule has 0 fully saturated rings. The quantitative estimate of drug-likeness (QED) is 0.422. The molecule has 3 aromatic rings. The number of rotatable bonds is 7. The third-order valence-corrected chi connectivity index (χ3v) is 7.93. The smallest absolute Gasteiger partial charge is 0.338 e. The van der Waals surface area contributed by atoms with E-state index in [1.165, 1.54) is 15.9 Å². The maximum atomic E-state index is 14.2. The van der Waals surface area contributed by atoms with Crippen molar-refractivity contribution in [2.24, 2.45) is 4.99 Å². The molecule has 0 saturated heterocycles. The Morgan fingerprint density at radius 3 is 2.49 bits per heavy atom. The number of para-hydroxylation sites is 1. The van der Waals surface area contributed by atoms with E-state index in [1.54, 1.807) is 44.9 Å². The molecule has 5 rings (SSSR count). The highest BCUT2D eigenvalue weighted by molar-refractivity contribution is 7.07. The highest BCUT2D eigenvalue weighted by Gasteiger charge is 2.37. The third kappa shape index (κ3) is 4.61. The number of benzene rings is 2. The molecule has 0 radical (unpaired) electrons. The second kappa shape index (κ2) is 10.6. The Balaban J connectivity index is 1.76. The van der Waals surface area contributed by atoms with Crippen molar-refractivity contribution in [3.05, 3.63) is 90.6 Å². The summed E-state index contributed by atoms with van der Waals surface area (Å²) in [6.45, 7) is 7.96. The minimum absolute atomic E-state index is 0.189. The summed E-state index contributed by atoms with van der Waals surface area (Å²) in [5, 5.41) is 0. The van der Waals surface area contributed by atoms with Crippen LogP contribution in [0.3, 0.4) is 0 Å². The fourth-order valence-corrected chi connectivity index (χ4v) is 6.19. The van der Waals surface area contributed by atoms with Crippen LogP contribution in [0.25, 0.3) is 5.57 Å². The van der Waals surface area contributed by atoms with Gasteiger partial charge in [0.1, 0.15) is 10.3 Å². The summed E-state index contributed by atoms with van der Waals surface area (Å²) in [7, 11) is 1.58. The summed E-state index contributed by atoms with van der Waals surface area (Å²) >= 11 is 1.18. The van der Waals surface area contributed by atoms with Gasteiger partial charge < -0.3 is 14.4 Å². The van der Waals surface area contributed by atoms with Crippen molar-refractivity contribution in [1.82, 2.24) is 4.57 Å². The molecule has 8 nitrogen and oxygen atoms in total. The molecule has 3 heterocycles. The number of hydrogen-bond acceptors (Lipinski definition) is 7. The zero-order valence-corrected chi connectivity index (χ0v) is 23.5. The molecular formula is C30H31N3O5S. The number of ether oxygens (including phenoxy) is 2. The Labute approximate surface area is 230 Å². The summed E-state index contributed by atoms with van der Waals surface area (Å²) in [5.41, 5.74) is 3.04. The van der Waals surface area contributed by atoms with Crippen molar-refractivity contribution in [3.8, 4) is 5.75 Å². The number of allylic oxidation sites excluding steroid dienone is 1. The molecule has 0 N–H and O–H groups in total. The fourth-order valence-electron chi connectivity index (χ4n) is 5.05. The van der Waals surface area contributed by atoms with Crippen molar-refractivity contribution in [2.45, 2.75) is 52.7 Å². The van der Waals surface area contributed by atoms with E-state index < -0.39 is 12.0 Å². The molecule has 1 atom stereocenters. The number of nitrogens with zero attached hydrogens (tertiary/aromatic N) is 3. The number of methoxy groups -OCH3 is 1. The topological polar surface area (TPSA) is 90.2 Å². The lowest BCUT2D eigenvalue weighted by Crippen LogP contribution is -2.41. The van der Waals surface area contributed by atoms with Crippen molar-refractivity contribution in [2.75, 3.05) is 18.6 Å². The standard InChI is InChI=1S/C30H31N3O5S/c1-6-7-16-32-22-11-9-8-10-21(22)24(27(32)34)26-28(35)33-25(19-12-14-20(37-5)15-13-19)23(29(36)38-17(2)3)18(4)31-30(33)39-26/h8-15,17,25H,6-7,16H2,1-5H3/b26-24-/t25-/m1/s1. The fraction of sp³-hybridized carbons (Fsp3) is 0.333. The van der Waals surface area contributed by atoms with E-state index in [9.17, 15) is 14.4 Å². The number of carbonyl (C=O) groups excluding carboxylic acids is 2. The van der Waals surface area contributed by atoms with E-state index in [2.05, 4.69) is 11.9 Å². The number of amides is 1. The van der Waals surface area contributed by atoms with Crippen LogP contribution in [0, 0.1) is 0 Å². The van der Waals surface area contributed by atoms with Gasteiger partial charge in [0, 0.05) is 12.1 Å². The molecule has 2 aromatic carbocycles. The van der Waals surface area contributed by atoms with Gasteiger partial charge in [-0.3, -0.25) is 14.2 Å². The zero-order chi connectivity index (χ0) is 27.8. The number of anilines is 1. The second-order valence-corrected chi connectivity index (χ2v) is 10.8. The first-order valence-electron chi connectivity index (χ1n) is 13.1. The summed E-state index contributed by atoms with van der Waals surface area (Å²) in [6.07, 6.45) is 1.45. The van der Waals surface area contributed by atoms with Crippen molar-refractivity contribution < 1.29 is 19.1 Å². The molecule has 0 aliphatic carbocycles. The first kappa shape index (κ1) is 26.6. The maximum absolute atomic E-state index is 14.2. The lowest BCUT2D eigenvalue weighted by molar-refractivity contribution is -0.143. The maximum Gasteiger partial charge on any atom is 0.338 e. The first-order chi connectivity index (χ1) is 18.8. The van der Waals surface area contributed by atoms with Crippen LogP contribution in [0.15, 0.2) is 69.6 Å². The van der Waals surface area contributed by atoms with Gasteiger partial charge in [-0.05, 0) is 51.0 Å². The van der Waals surface area contributed by atoms with Crippen LogP contribution in [0.5, 0.6) is 5.75 Å². The number of fused-ring (bicyclic) bond motifs is 2. The normalized spacial score (nSPS) is 17.7. The minimum Gasteiger partial charge on any atom is -0.497 e. The predicted octanol–water partition coefficient (Wildman–Crippen LogP) is 3.71. The van der Waals surface area contributed by atoms with E-state index >= 15 is 0 Å². The van der Waals surface area contributed by atoms with Gasteiger partial charge in [0.15, 0.2) is 4.80 Å². The van der Waals surface area contributed by atoms with Crippen LogP contribution in [-0.4, -0.2) is 36.2 Å². The molecule has 0 spiro atoms. The highest BCUT2D eigenvalue weighted by atomic mass is 32.1. The van der Waals surface area contributed by atoms with Crippen LogP contribution >= 0.6 is 11.3 Å². The van der Waals surface area contributed by atoms with Gasteiger partial charge in [-0.15, -0.1) is 0 Å². The van der Waals surface area contributed by atoms with Gasteiger partial charge >= 0.3 is 5.97 Å². The number of hydrogen-bond donors (Lipinski definition) is 0. The van der Waals surface area contributed by atoms with E-state index in [-0.39, 0.29) is 17.6 Å². The number of carbonyl (C=O) groups is 2. The molecule has 0 bridgehead atoms. The van der Waals surface area contributed by atoms with Gasteiger partial charge in [-0.1, -0.05) is 55.0 Å². The molecule has 202 valence electrons. The van der Waals surface area contributed by atoms with Gasteiger partial charge in [0.2, 0.25) is 0 Å². The summed E-state index contributed by atoms with van der Waals surface area (Å²) in [6, 6.07) is 14.0. The Hall–Kier alpha value is -3.98. The molecule has 0 unspecified atom stereocenters. The molecular weight excluding hydrogens is 514 g/mol. The number of thiazole rings is 1. The Morgan fingerprint density at radius 1 is 1.10 bits per heavy atom. The molecule has 1 amide bonds. The SMILES string of the molecule is CCCCN1C(=O)/C(=c2\sc3n(c2=O)[C@H](c2ccc(OC)cc2)C(C(=O)OC(C)C)=C(C)N=3)c2ccccc21. The molecule has 9 heteroatoms. The number of unbranched alkanes of at least 4 members (excludes halogenated alkanes) is 1. The lowest BCUT2D eigenvalue weighted by Gasteiger charge is -2.25. The average molecular weight is 546 g/mol. The summed E-state index contributed by atoms with van der Waals surface area (Å²) < 4.78 is 12.7. The average Bonchev–Trinajstić information content (AvgIpc) is 3.38. The van der Waals surface area contributed by atoms with E-state index in [1.807, 2.05) is 36.4 Å². The lowest BCUT2D eigenvalue weighted by atomic mass is 9.95. The van der Waals surface area contributed by atoms with Crippen molar-refractivity contribution >= 4 is 34.5 Å². The van der Waals surface area contributed by atoms with Gasteiger partial charge in [-0.25, -0.2) is 9.79 Å². The largest absolute Gasteiger partial charge is 0.497 e. The number of aromatic nitrogens is 1. The van der Waals surface area contributed by atoms with Crippen LogP contribution in [-0.2, 0) is 14.3 Å². The molecule has 2 aliphatic rings. The minimum atomic E-state index is -0.768. The van der Waals surface area contributed by atoms with E-state index in [0.29, 0.717) is 44.0 Å². The monoisotopic (exact) mass is 545 g/mol. The summed E-state index contributed by atoms with van der Waals surface area (Å²) in [4.78, 5) is 48.1. The zero-order valence-electron chi connectivity index (χ0n) is 22.7. The van der Waals surface area contributed by atoms with Crippen molar-refractivity contribution in [1.29, 1.82) is 0 Å². The van der Waals surface area contributed by atoms with Crippen LogP contribution in [0.1, 0.15) is 57.7 Å². The molecule has 1 aromatic heterocycles. The van der Waals surface area contributed by atoms with E-state index in [0.717, 1.165) is 24.1 Å². The second-order valence-electron chi connectivity index (χ2n) is 9.83. The molecule has 0 saturated carbocycles. The first-order valence-corrected chi connectivity index (χ1v) is 13.9. The van der Waals surface area contributed by atoms with Crippen LogP contribution < -0.4 is 24.5 Å². The Morgan fingerprint density at radius 2 is 1.82 bits per heavy atom. The van der Waals surface area contributed by atoms with Crippen LogP contribution in [0.4, 0.5) is 5.69 Å².